The molecule has 3 rings (SSSR count). The van der Waals surface area contributed by atoms with Gasteiger partial charge in [-0.25, -0.2) is 13.9 Å². The molecule has 0 fully saturated rings. The van der Waals surface area contributed by atoms with Gasteiger partial charge in [-0.15, -0.1) is 0 Å². The van der Waals surface area contributed by atoms with Gasteiger partial charge in [0.2, 0.25) is 5.91 Å². The van der Waals surface area contributed by atoms with Crippen molar-refractivity contribution < 1.29 is 9.18 Å². The second-order valence-electron chi connectivity index (χ2n) is 7.97. The largest absolute Gasteiger partial charge is 0.338 e. The van der Waals surface area contributed by atoms with Gasteiger partial charge in [0.1, 0.15) is 5.82 Å². The zero-order valence-electron chi connectivity index (χ0n) is 18.4. The van der Waals surface area contributed by atoms with Crippen LogP contribution in [-0.4, -0.2) is 31.9 Å². The Hall–Kier alpha value is -2.76. The molecule has 0 aliphatic rings. The third-order valence-electron chi connectivity index (χ3n) is 5.55. The highest BCUT2D eigenvalue weighted by molar-refractivity contribution is 5.76. The molecule has 160 valence electrons. The third kappa shape index (κ3) is 5.23. The van der Waals surface area contributed by atoms with E-state index in [1.165, 1.54) is 12.1 Å². The van der Waals surface area contributed by atoms with Gasteiger partial charge in [-0.2, -0.15) is 5.10 Å². The number of halogens is 1. The van der Waals surface area contributed by atoms with Crippen LogP contribution in [0, 0.1) is 26.6 Å². The van der Waals surface area contributed by atoms with Crippen LogP contribution in [0.4, 0.5) is 4.39 Å². The molecule has 0 saturated heterocycles. The van der Waals surface area contributed by atoms with E-state index in [0.29, 0.717) is 19.4 Å². The maximum absolute atomic E-state index is 13.2. The summed E-state index contributed by atoms with van der Waals surface area (Å²) in [5.41, 5.74) is 5.78. The maximum atomic E-state index is 13.2. The Balaban J connectivity index is 1.73. The van der Waals surface area contributed by atoms with Gasteiger partial charge in [0, 0.05) is 37.0 Å². The van der Waals surface area contributed by atoms with Crippen LogP contribution in [0.3, 0.4) is 0 Å². The van der Waals surface area contributed by atoms with Crippen LogP contribution in [0.5, 0.6) is 0 Å². The number of amides is 1. The summed E-state index contributed by atoms with van der Waals surface area (Å²) >= 11 is 0. The average Bonchev–Trinajstić information content (AvgIpc) is 3.09. The lowest BCUT2D eigenvalue weighted by atomic mass is 10.1. The highest BCUT2D eigenvalue weighted by atomic mass is 19.1. The molecule has 0 radical (unpaired) electrons. The molecule has 3 aromatic rings. The summed E-state index contributed by atoms with van der Waals surface area (Å²) in [6.45, 7) is 9.36. The minimum atomic E-state index is -0.259. The van der Waals surface area contributed by atoms with Crippen LogP contribution >= 0.6 is 0 Å². The third-order valence-corrected chi connectivity index (χ3v) is 5.55. The lowest BCUT2D eigenvalue weighted by Gasteiger charge is -2.23. The van der Waals surface area contributed by atoms with Crippen molar-refractivity contribution in [1.82, 2.24) is 19.5 Å². The Bertz CT molecular complexity index is 1010. The molecule has 1 amide bonds. The summed E-state index contributed by atoms with van der Waals surface area (Å²) in [5, 5.41) is 4.52. The number of rotatable bonds is 9. The van der Waals surface area contributed by atoms with Crippen LogP contribution < -0.4 is 0 Å². The minimum Gasteiger partial charge on any atom is -0.338 e. The van der Waals surface area contributed by atoms with E-state index in [1.54, 1.807) is 12.1 Å². The van der Waals surface area contributed by atoms with Gasteiger partial charge in [-0.05, 0) is 56.9 Å². The smallest absolute Gasteiger partial charge is 0.223 e. The quantitative estimate of drug-likeness (QED) is 0.469. The lowest BCUT2D eigenvalue weighted by molar-refractivity contribution is -0.131. The van der Waals surface area contributed by atoms with Gasteiger partial charge in [0.15, 0.2) is 5.65 Å². The first-order chi connectivity index (χ1) is 14.4. The fourth-order valence-electron chi connectivity index (χ4n) is 3.85. The molecule has 5 nitrogen and oxygen atoms in total. The van der Waals surface area contributed by atoms with Crippen LogP contribution in [0.15, 0.2) is 30.3 Å². The molecule has 0 atom stereocenters. The Kier molecular flexibility index (Phi) is 7.19. The first-order valence-corrected chi connectivity index (χ1v) is 10.7. The maximum Gasteiger partial charge on any atom is 0.223 e. The Morgan fingerprint density at radius 2 is 1.87 bits per heavy atom. The predicted octanol–water partition coefficient (Wildman–Crippen LogP) is 4.95. The van der Waals surface area contributed by atoms with Gasteiger partial charge >= 0.3 is 0 Å². The van der Waals surface area contributed by atoms with Gasteiger partial charge in [-0.1, -0.05) is 31.9 Å². The summed E-state index contributed by atoms with van der Waals surface area (Å²) in [4.78, 5) is 19.6. The number of nitrogens with zero attached hydrogens (tertiary/aromatic N) is 4. The fraction of sp³-hybridized carbons (Fsp3) is 0.458. The van der Waals surface area contributed by atoms with E-state index < -0.39 is 0 Å². The van der Waals surface area contributed by atoms with Crippen molar-refractivity contribution in [3.05, 3.63) is 64.4 Å². The zero-order chi connectivity index (χ0) is 21.7. The summed E-state index contributed by atoms with van der Waals surface area (Å²) < 4.78 is 15.1. The number of fused-ring (bicyclic) bond motifs is 1. The van der Waals surface area contributed by atoms with Crippen molar-refractivity contribution in [3.8, 4) is 0 Å². The number of hydrogen-bond acceptors (Lipinski definition) is 3. The van der Waals surface area contributed by atoms with Crippen molar-refractivity contribution in [1.29, 1.82) is 0 Å². The molecule has 2 heterocycles. The summed E-state index contributed by atoms with van der Waals surface area (Å²) in [6, 6.07) is 8.36. The van der Waals surface area contributed by atoms with E-state index in [0.717, 1.165) is 59.7 Å². The molecular formula is C24H31FN4O. The van der Waals surface area contributed by atoms with Gasteiger partial charge < -0.3 is 4.90 Å². The molecule has 0 bridgehead atoms. The minimum absolute atomic E-state index is 0.117. The molecular weight excluding hydrogens is 379 g/mol. The van der Waals surface area contributed by atoms with E-state index in [4.69, 9.17) is 0 Å². The standard InChI is InChI=1S/C24H31FN4O/c1-5-6-7-14-28(16-20-8-10-21(25)11-9-20)24(30)13-12-22-18(3)26-23-15-17(2)27-29(23)19(22)4/h8-11,15H,5-7,12-14,16H2,1-4H3. The normalized spacial score (nSPS) is 11.2. The Labute approximate surface area is 177 Å². The molecule has 0 aliphatic heterocycles. The zero-order valence-corrected chi connectivity index (χ0v) is 18.4. The molecule has 30 heavy (non-hydrogen) atoms. The summed E-state index contributed by atoms with van der Waals surface area (Å²) in [6.07, 6.45) is 4.21. The molecule has 0 N–H and O–H groups in total. The molecule has 0 unspecified atom stereocenters. The number of carbonyl (C=O) groups is 1. The van der Waals surface area contributed by atoms with E-state index in [2.05, 4.69) is 17.0 Å². The highest BCUT2D eigenvalue weighted by Crippen LogP contribution is 2.18. The van der Waals surface area contributed by atoms with Crippen molar-refractivity contribution in [2.75, 3.05) is 6.54 Å². The second-order valence-corrected chi connectivity index (χ2v) is 7.97. The van der Waals surface area contributed by atoms with E-state index >= 15 is 0 Å². The number of carbonyl (C=O) groups excluding carboxylic acids is 1. The number of unbranched alkanes of at least 4 members (excludes halogenated alkanes) is 2. The SMILES string of the molecule is CCCCCN(Cc1ccc(F)cc1)C(=O)CCc1c(C)nc2cc(C)nn2c1C. The van der Waals surface area contributed by atoms with Gasteiger partial charge in [0.25, 0.3) is 0 Å². The second kappa shape index (κ2) is 9.83. The van der Waals surface area contributed by atoms with Crippen molar-refractivity contribution in [2.24, 2.45) is 0 Å². The van der Waals surface area contributed by atoms with Crippen LogP contribution in [0.25, 0.3) is 5.65 Å². The summed E-state index contributed by atoms with van der Waals surface area (Å²) in [5.74, 6) is -0.142. The number of aryl methyl sites for hydroxylation is 3. The number of benzene rings is 1. The van der Waals surface area contributed by atoms with Gasteiger partial charge in [-0.3, -0.25) is 4.79 Å². The van der Waals surface area contributed by atoms with Gasteiger partial charge in [0.05, 0.1) is 5.69 Å². The fourth-order valence-corrected chi connectivity index (χ4v) is 3.85. The van der Waals surface area contributed by atoms with Crippen LogP contribution in [0.2, 0.25) is 0 Å². The first kappa shape index (κ1) is 21.9. The topological polar surface area (TPSA) is 50.5 Å². The highest BCUT2D eigenvalue weighted by Gasteiger charge is 2.17. The predicted molar refractivity (Wildman–Crippen MR) is 117 cm³/mol. The van der Waals surface area contributed by atoms with Crippen molar-refractivity contribution in [3.63, 3.8) is 0 Å². The molecule has 2 aromatic heterocycles. The van der Waals surface area contributed by atoms with Crippen LogP contribution in [0.1, 0.15) is 60.8 Å². The molecule has 1 aromatic carbocycles. The lowest BCUT2D eigenvalue weighted by Crippen LogP contribution is -2.32. The van der Waals surface area contributed by atoms with E-state index in [1.807, 2.05) is 36.3 Å². The molecule has 0 saturated carbocycles. The molecule has 6 heteroatoms. The Morgan fingerprint density at radius 3 is 2.57 bits per heavy atom. The molecule has 0 spiro atoms. The van der Waals surface area contributed by atoms with E-state index in [9.17, 15) is 9.18 Å². The monoisotopic (exact) mass is 410 g/mol. The first-order valence-electron chi connectivity index (χ1n) is 10.7. The number of aromatic nitrogens is 3. The average molecular weight is 411 g/mol. The van der Waals surface area contributed by atoms with Crippen molar-refractivity contribution in [2.45, 2.75) is 66.3 Å². The van der Waals surface area contributed by atoms with Crippen molar-refractivity contribution >= 4 is 11.6 Å². The van der Waals surface area contributed by atoms with E-state index in [-0.39, 0.29) is 11.7 Å². The molecule has 0 aliphatic carbocycles. The summed E-state index contributed by atoms with van der Waals surface area (Å²) in [7, 11) is 0. The van der Waals surface area contributed by atoms with Crippen LogP contribution in [-0.2, 0) is 17.8 Å². The Morgan fingerprint density at radius 1 is 1.13 bits per heavy atom. The number of hydrogen-bond donors (Lipinski definition) is 0.